The van der Waals surface area contributed by atoms with E-state index in [9.17, 15) is 13.9 Å². The van der Waals surface area contributed by atoms with E-state index in [0.29, 0.717) is 48.1 Å². The molecule has 3 N–H and O–H groups in total. The second-order valence-electron chi connectivity index (χ2n) is 11.8. The monoisotopic (exact) mass is 557 g/mol. The van der Waals surface area contributed by atoms with Crippen molar-refractivity contribution >= 4 is 12.0 Å². The molecular formula is C28H37F2N7O3. The molecule has 0 radical (unpaired) electrons. The van der Waals surface area contributed by atoms with E-state index in [0.717, 1.165) is 38.8 Å². The number of ether oxygens (including phenoxy) is 1. The Morgan fingerprint density at radius 1 is 1.15 bits per heavy atom. The maximum atomic E-state index is 14.4. The van der Waals surface area contributed by atoms with Gasteiger partial charge in [-0.05, 0) is 69.1 Å². The maximum absolute atomic E-state index is 14.4. The molecule has 2 saturated heterocycles. The number of hydrogen-bond donors (Lipinski definition) is 2. The van der Waals surface area contributed by atoms with Crippen LogP contribution in [0, 0.1) is 17.8 Å². The van der Waals surface area contributed by atoms with Crippen molar-refractivity contribution in [2.45, 2.75) is 69.9 Å². The molecule has 0 spiro atoms. The first kappa shape index (κ1) is 27.1. The molecule has 1 unspecified atom stereocenters. The van der Waals surface area contributed by atoms with Crippen LogP contribution in [0.15, 0.2) is 40.5 Å². The smallest absolute Gasteiger partial charge is 0.324 e. The van der Waals surface area contributed by atoms with Crippen molar-refractivity contribution in [3.05, 3.63) is 41.8 Å². The van der Waals surface area contributed by atoms with Gasteiger partial charge in [0, 0.05) is 44.6 Å². The first-order valence-electron chi connectivity index (χ1n) is 14.2. The minimum atomic E-state index is -1.18. The molecule has 4 heterocycles. The fraction of sp³-hybridized carbons (Fsp3) is 0.643. The number of aliphatic hydroxyl groups is 1. The number of piperidine rings is 1. The van der Waals surface area contributed by atoms with E-state index in [1.165, 1.54) is 12.2 Å². The average Bonchev–Trinajstić information content (AvgIpc) is 3.58. The van der Waals surface area contributed by atoms with E-state index in [1.807, 2.05) is 11.8 Å². The number of hydrogen-bond acceptors (Lipinski definition) is 10. The van der Waals surface area contributed by atoms with E-state index in [-0.39, 0.29) is 36.2 Å². The van der Waals surface area contributed by atoms with Crippen molar-refractivity contribution in [3.8, 4) is 5.75 Å². The number of rotatable bonds is 8. The van der Waals surface area contributed by atoms with Gasteiger partial charge in [-0.15, -0.1) is 0 Å². The van der Waals surface area contributed by atoms with E-state index in [1.54, 1.807) is 19.3 Å². The summed E-state index contributed by atoms with van der Waals surface area (Å²) in [4.78, 5) is 17.4. The van der Waals surface area contributed by atoms with Crippen molar-refractivity contribution in [2.75, 3.05) is 36.0 Å². The Morgan fingerprint density at radius 2 is 1.88 bits per heavy atom. The quantitative estimate of drug-likeness (QED) is 0.498. The van der Waals surface area contributed by atoms with Gasteiger partial charge in [0.2, 0.25) is 11.8 Å². The lowest BCUT2D eigenvalue weighted by Gasteiger charge is -2.33. The van der Waals surface area contributed by atoms with Gasteiger partial charge in [0.25, 0.3) is 0 Å². The molecule has 1 saturated carbocycles. The summed E-state index contributed by atoms with van der Waals surface area (Å²) in [6.45, 7) is 6.21. The van der Waals surface area contributed by atoms with E-state index < -0.39 is 11.8 Å². The number of nitrogens with zero attached hydrogens (tertiary/aromatic N) is 6. The van der Waals surface area contributed by atoms with Crippen LogP contribution in [0.4, 0.5) is 20.7 Å². The van der Waals surface area contributed by atoms with Crippen molar-refractivity contribution in [2.24, 2.45) is 23.5 Å². The second kappa shape index (κ2) is 10.7. The zero-order chi connectivity index (χ0) is 28.0. The predicted molar refractivity (Wildman–Crippen MR) is 144 cm³/mol. The van der Waals surface area contributed by atoms with Crippen LogP contribution in [0.25, 0.3) is 0 Å². The minimum Gasteiger partial charge on any atom is -0.487 e. The third kappa shape index (κ3) is 5.43. The van der Waals surface area contributed by atoms with Crippen molar-refractivity contribution < 1.29 is 23.1 Å². The SMILES string of the molecule is C[C@H](Oc1cnc(N2C[C@H](C3=CC(F)CC=C3F)[C@@H](N)C2)nc1)C1CCN(c2nc([C@](C)(O)C3CC3)no2)CC1. The Bertz CT molecular complexity index is 1250. The molecule has 2 aliphatic heterocycles. The van der Waals surface area contributed by atoms with Crippen LogP contribution in [0.5, 0.6) is 5.75 Å². The van der Waals surface area contributed by atoms with E-state index >= 15 is 0 Å². The van der Waals surface area contributed by atoms with Gasteiger partial charge in [-0.3, -0.25) is 0 Å². The predicted octanol–water partition coefficient (Wildman–Crippen LogP) is 3.45. The van der Waals surface area contributed by atoms with Gasteiger partial charge < -0.3 is 29.9 Å². The Labute approximate surface area is 232 Å². The molecule has 0 aromatic carbocycles. The van der Waals surface area contributed by atoms with Gasteiger partial charge >= 0.3 is 6.01 Å². The molecule has 5 atom stereocenters. The molecule has 12 heteroatoms. The minimum absolute atomic E-state index is 0.0447. The zero-order valence-corrected chi connectivity index (χ0v) is 22.9. The average molecular weight is 558 g/mol. The Kier molecular flexibility index (Phi) is 7.24. The van der Waals surface area contributed by atoms with Gasteiger partial charge in [0.15, 0.2) is 5.75 Å². The summed E-state index contributed by atoms with van der Waals surface area (Å²) in [7, 11) is 0. The highest BCUT2D eigenvalue weighted by atomic mass is 19.1. The van der Waals surface area contributed by atoms with Crippen LogP contribution in [-0.4, -0.2) is 69.7 Å². The van der Waals surface area contributed by atoms with Crippen molar-refractivity contribution in [1.82, 2.24) is 20.1 Å². The second-order valence-corrected chi connectivity index (χ2v) is 11.8. The number of halogens is 2. The van der Waals surface area contributed by atoms with Crippen molar-refractivity contribution in [1.29, 1.82) is 0 Å². The number of allylic oxidation sites excluding steroid dienone is 3. The molecular weight excluding hydrogens is 520 g/mol. The number of alkyl halides is 1. The Balaban J connectivity index is 1.01. The lowest BCUT2D eigenvalue weighted by atomic mass is 9.89. The summed E-state index contributed by atoms with van der Waals surface area (Å²) in [5.74, 6) is 1.26. The summed E-state index contributed by atoms with van der Waals surface area (Å²) < 4.78 is 39.9. The molecule has 6 rings (SSSR count). The highest BCUT2D eigenvalue weighted by molar-refractivity contribution is 5.41. The highest BCUT2D eigenvalue weighted by Crippen LogP contribution is 2.44. The molecule has 3 fully saturated rings. The summed E-state index contributed by atoms with van der Waals surface area (Å²) in [6.07, 6.45) is 8.54. The van der Waals surface area contributed by atoms with Crippen LogP contribution < -0.4 is 20.3 Å². The Morgan fingerprint density at radius 3 is 2.58 bits per heavy atom. The number of anilines is 2. The third-order valence-corrected chi connectivity index (χ3v) is 8.86. The fourth-order valence-corrected chi connectivity index (χ4v) is 6.08. The largest absolute Gasteiger partial charge is 0.487 e. The fourth-order valence-electron chi connectivity index (χ4n) is 6.08. The van der Waals surface area contributed by atoms with Gasteiger partial charge in [0.1, 0.15) is 17.6 Å². The van der Waals surface area contributed by atoms with Crippen LogP contribution in [-0.2, 0) is 5.60 Å². The molecule has 4 aliphatic rings. The molecule has 2 aliphatic carbocycles. The molecule has 2 aromatic heterocycles. The van der Waals surface area contributed by atoms with Gasteiger partial charge in [-0.25, -0.2) is 18.7 Å². The molecule has 0 bridgehead atoms. The third-order valence-electron chi connectivity index (χ3n) is 8.86. The van der Waals surface area contributed by atoms with Gasteiger partial charge in [-0.1, -0.05) is 5.16 Å². The summed E-state index contributed by atoms with van der Waals surface area (Å²) in [5.41, 5.74) is 5.61. The van der Waals surface area contributed by atoms with Crippen LogP contribution in [0.3, 0.4) is 0 Å². The van der Waals surface area contributed by atoms with Gasteiger partial charge in [0.05, 0.1) is 18.5 Å². The highest BCUT2D eigenvalue weighted by Gasteiger charge is 2.45. The normalized spacial score (nSPS) is 28.2. The lowest BCUT2D eigenvalue weighted by Crippen LogP contribution is -2.39. The Hall–Kier alpha value is -3.12. The molecule has 40 heavy (non-hydrogen) atoms. The zero-order valence-electron chi connectivity index (χ0n) is 22.9. The molecule has 10 nitrogen and oxygen atoms in total. The van der Waals surface area contributed by atoms with Crippen LogP contribution in [0.2, 0.25) is 0 Å². The summed E-state index contributed by atoms with van der Waals surface area (Å²) in [6, 6.07) is 0.116. The molecule has 0 amide bonds. The summed E-state index contributed by atoms with van der Waals surface area (Å²) >= 11 is 0. The maximum Gasteiger partial charge on any atom is 0.324 e. The molecule has 216 valence electrons. The van der Waals surface area contributed by atoms with E-state index in [2.05, 4.69) is 25.0 Å². The topological polar surface area (TPSA) is 127 Å². The molecule has 2 aromatic rings. The van der Waals surface area contributed by atoms with Crippen LogP contribution >= 0.6 is 0 Å². The van der Waals surface area contributed by atoms with E-state index in [4.69, 9.17) is 15.0 Å². The number of nitrogens with two attached hydrogens (primary N) is 1. The number of aromatic nitrogens is 4. The van der Waals surface area contributed by atoms with Crippen molar-refractivity contribution in [3.63, 3.8) is 0 Å². The van der Waals surface area contributed by atoms with Crippen LogP contribution in [0.1, 0.15) is 51.8 Å². The standard InChI is InChI=1S/C28H37F2N7O3/c1-16(17-7-9-36(10-8-17)27-34-25(35-40-27)28(2,38)18-3-4-18)39-20-12-32-26(33-13-20)37-14-22(24(31)15-37)21-11-19(29)5-6-23(21)30/h6,11-13,16-19,22,24,38H,3-5,7-10,14-15,31H2,1-2H3/t16-,19?,22+,24-,28+/m0/s1. The first-order valence-corrected chi connectivity index (χ1v) is 14.2. The first-order chi connectivity index (χ1) is 19.2. The van der Waals surface area contributed by atoms with Gasteiger partial charge in [-0.2, -0.15) is 4.98 Å². The lowest BCUT2D eigenvalue weighted by molar-refractivity contribution is 0.0218. The summed E-state index contributed by atoms with van der Waals surface area (Å²) in [5, 5.41) is 14.7.